The van der Waals surface area contributed by atoms with E-state index < -0.39 is 5.97 Å². The number of aryl methyl sites for hydroxylation is 1. The molecule has 2 heterocycles. The fourth-order valence-corrected chi connectivity index (χ4v) is 2.73. The Kier molecular flexibility index (Phi) is 5.67. The summed E-state index contributed by atoms with van der Waals surface area (Å²) in [5.74, 6) is -0.879. The number of nitrogens with zero attached hydrogens (tertiary/aromatic N) is 2. The van der Waals surface area contributed by atoms with Crippen molar-refractivity contribution >= 4 is 5.97 Å². The third-order valence-corrected chi connectivity index (χ3v) is 3.95. The van der Waals surface area contributed by atoms with Crippen LogP contribution < -0.4 is 0 Å². The van der Waals surface area contributed by atoms with Gasteiger partial charge in [-0.15, -0.1) is 0 Å². The van der Waals surface area contributed by atoms with Gasteiger partial charge >= 0.3 is 5.97 Å². The predicted molar refractivity (Wildman–Crippen MR) is 87.0 cm³/mol. The van der Waals surface area contributed by atoms with Gasteiger partial charge in [-0.1, -0.05) is 24.3 Å². The lowest BCUT2D eigenvalue weighted by Gasteiger charge is -2.20. The van der Waals surface area contributed by atoms with Crippen molar-refractivity contribution in [2.75, 3.05) is 13.6 Å². The van der Waals surface area contributed by atoms with E-state index in [0.29, 0.717) is 11.6 Å². The molecule has 0 unspecified atom stereocenters. The van der Waals surface area contributed by atoms with Crippen LogP contribution in [0, 0.1) is 6.92 Å². The van der Waals surface area contributed by atoms with E-state index in [1.54, 1.807) is 30.3 Å². The summed E-state index contributed by atoms with van der Waals surface area (Å²) >= 11 is 0. The predicted octanol–water partition coefficient (Wildman–Crippen LogP) is 3.54. The number of benzene rings is 1. The summed E-state index contributed by atoms with van der Waals surface area (Å²) in [6, 6.07) is 13.1. The van der Waals surface area contributed by atoms with E-state index in [-0.39, 0.29) is 0 Å². The van der Waals surface area contributed by atoms with Gasteiger partial charge in [0.25, 0.3) is 0 Å². The second-order valence-corrected chi connectivity index (χ2v) is 5.49. The van der Waals surface area contributed by atoms with Crippen LogP contribution >= 0.6 is 0 Å². The van der Waals surface area contributed by atoms with Crippen LogP contribution in [0.1, 0.15) is 40.5 Å². The maximum atomic E-state index is 10.2. The Morgan fingerprint density at radius 3 is 2.45 bits per heavy atom. The first kappa shape index (κ1) is 16.2. The maximum absolute atomic E-state index is 10.2. The first-order valence-electron chi connectivity index (χ1n) is 7.49. The lowest BCUT2D eigenvalue weighted by atomic mass is 10.0. The van der Waals surface area contributed by atoms with Crippen LogP contribution in [0.2, 0.25) is 0 Å². The lowest BCUT2D eigenvalue weighted by molar-refractivity contribution is 0.0697. The van der Waals surface area contributed by atoms with E-state index in [1.165, 1.54) is 30.6 Å². The van der Waals surface area contributed by atoms with Gasteiger partial charge in [-0.3, -0.25) is 9.88 Å². The van der Waals surface area contributed by atoms with Gasteiger partial charge in [0.05, 0.1) is 5.56 Å². The second-order valence-electron chi connectivity index (χ2n) is 5.49. The highest BCUT2D eigenvalue weighted by atomic mass is 16.4. The Bertz CT molecular complexity index is 613. The zero-order valence-electron chi connectivity index (χ0n) is 13.1. The minimum absolute atomic E-state index is 0.331. The number of carboxylic acids is 1. The molecule has 1 fully saturated rings. The molecular formula is C18H22N2O2. The molecule has 0 bridgehead atoms. The van der Waals surface area contributed by atoms with Gasteiger partial charge in [0.1, 0.15) is 0 Å². The summed E-state index contributed by atoms with van der Waals surface area (Å²) in [5, 5.41) is 8.38. The van der Waals surface area contributed by atoms with Gasteiger partial charge in [0.15, 0.2) is 0 Å². The normalized spacial score (nSPS) is 17.6. The number of hydrogen-bond donors (Lipinski definition) is 1. The fraction of sp³-hybridized carbons (Fsp3) is 0.333. The van der Waals surface area contributed by atoms with Crippen molar-refractivity contribution in [1.29, 1.82) is 0 Å². The molecule has 1 aliphatic rings. The third kappa shape index (κ3) is 4.15. The number of carbonyl (C=O) groups is 1. The van der Waals surface area contributed by atoms with Crippen LogP contribution in [0.4, 0.5) is 0 Å². The zero-order chi connectivity index (χ0) is 15.9. The largest absolute Gasteiger partial charge is 0.478 e. The number of likely N-dealkylation sites (tertiary alicyclic amines) is 1. The van der Waals surface area contributed by atoms with Crippen LogP contribution in [0.15, 0.2) is 48.7 Å². The van der Waals surface area contributed by atoms with Crippen LogP contribution in [0.3, 0.4) is 0 Å². The van der Waals surface area contributed by atoms with Gasteiger partial charge in [-0.2, -0.15) is 0 Å². The van der Waals surface area contributed by atoms with Crippen LogP contribution in [-0.2, 0) is 0 Å². The molecule has 116 valence electrons. The maximum Gasteiger partial charge on any atom is 0.335 e. The van der Waals surface area contributed by atoms with E-state index in [0.717, 1.165) is 0 Å². The van der Waals surface area contributed by atoms with Crippen LogP contribution in [0.25, 0.3) is 0 Å². The molecule has 1 N–H and O–H groups in total. The second kappa shape index (κ2) is 7.71. The minimum Gasteiger partial charge on any atom is -0.478 e. The van der Waals surface area contributed by atoms with Crippen LogP contribution in [-0.4, -0.2) is 34.6 Å². The Labute approximate surface area is 131 Å². The highest BCUT2D eigenvalue weighted by Crippen LogP contribution is 2.31. The van der Waals surface area contributed by atoms with Gasteiger partial charge in [0, 0.05) is 17.9 Å². The van der Waals surface area contributed by atoms with Crippen LogP contribution in [0.5, 0.6) is 0 Å². The molecule has 0 radical (unpaired) electrons. The number of rotatable bonds is 2. The fourth-order valence-electron chi connectivity index (χ4n) is 2.73. The molecular weight excluding hydrogens is 276 g/mol. The Morgan fingerprint density at radius 1 is 1.23 bits per heavy atom. The summed E-state index contributed by atoms with van der Waals surface area (Å²) < 4.78 is 0. The molecule has 1 aromatic heterocycles. The van der Waals surface area contributed by atoms with Crippen molar-refractivity contribution in [3.63, 3.8) is 0 Å². The standard InChI is InChI=1S/C11H16N2.C7H6O2/c1-9-10(5-3-7-12-9)11-6-4-8-13(11)2;8-7(9)6-4-2-1-3-5-6/h3,5,7,11H,4,6,8H2,1-2H3;1-5H,(H,8,9)/t11-;/m0./s1. The molecule has 0 saturated carbocycles. The molecule has 0 aliphatic carbocycles. The van der Waals surface area contributed by atoms with E-state index >= 15 is 0 Å². The molecule has 0 amide bonds. The number of aromatic carboxylic acids is 1. The molecule has 1 saturated heterocycles. The quantitative estimate of drug-likeness (QED) is 0.921. The van der Waals surface area contributed by atoms with Crippen molar-refractivity contribution < 1.29 is 9.90 Å². The number of hydrogen-bond acceptors (Lipinski definition) is 3. The summed E-state index contributed by atoms with van der Waals surface area (Å²) in [6.07, 6.45) is 4.46. The molecule has 1 atom stereocenters. The molecule has 1 aliphatic heterocycles. The zero-order valence-corrected chi connectivity index (χ0v) is 13.1. The van der Waals surface area contributed by atoms with Crippen molar-refractivity contribution in [2.45, 2.75) is 25.8 Å². The Balaban J connectivity index is 0.000000172. The molecule has 3 rings (SSSR count). The summed E-state index contributed by atoms with van der Waals surface area (Å²) in [5.41, 5.74) is 2.92. The SMILES string of the molecule is Cc1ncccc1[C@@H]1CCCN1C.O=C(O)c1ccccc1. The number of aromatic nitrogens is 1. The highest BCUT2D eigenvalue weighted by Gasteiger charge is 2.23. The van der Waals surface area contributed by atoms with Crippen molar-refractivity contribution in [3.05, 3.63) is 65.5 Å². The molecule has 2 aromatic rings. The van der Waals surface area contributed by atoms with Gasteiger partial charge in [0.2, 0.25) is 0 Å². The molecule has 4 nitrogen and oxygen atoms in total. The van der Waals surface area contributed by atoms with Crippen molar-refractivity contribution in [1.82, 2.24) is 9.88 Å². The first-order valence-corrected chi connectivity index (χ1v) is 7.49. The number of pyridine rings is 1. The van der Waals surface area contributed by atoms with Crippen molar-refractivity contribution in [2.24, 2.45) is 0 Å². The topological polar surface area (TPSA) is 53.4 Å². The molecule has 22 heavy (non-hydrogen) atoms. The lowest BCUT2D eigenvalue weighted by Crippen LogP contribution is -2.18. The summed E-state index contributed by atoms with van der Waals surface area (Å²) in [4.78, 5) is 17.0. The average molecular weight is 298 g/mol. The van der Waals surface area contributed by atoms with E-state index in [2.05, 4.69) is 29.9 Å². The summed E-state index contributed by atoms with van der Waals surface area (Å²) in [6.45, 7) is 3.32. The van der Waals surface area contributed by atoms with E-state index in [4.69, 9.17) is 5.11 Å². The Morgan fingerprint density at radius 2 is 1.95 bits per heavy atom. The van der Waals surface area contributed by atoms with Crippen molar-refractivity contribution in [3.8, 4) is 0 Å². The monoisotopic (exact) mass is 298 g/mol. The smallest absolute Gasteiger partial charge is 0.335 e. The van der Waals surface area contributed by atoms with Gasteiger partial charge < -0.3 is 5.11 Å². The average Bonchev–Trinajstić information content (AvgIpc) is 2.95. The van der Waals surface area contributed by atoms with Gasteiger partial charge in [-0.25, -0.2) is 4.79 Å². The molecule has 0 spiro atoms. The first-order chi connectivity index (χ1) is 10.6. The van der Waals surface area contributed by atoms with Gasteiger partial charge in [-0.05, 0) is 57.1 Å². The van der Waals surface area contributed by atoms with E-state index in [1.807, 2.05) is 12.3 Å². The van der Waals surface area contributed by atoms with E-state index in [9.17, 15) is 4.79 Å². The summed E-state index contributed by atoms with van der Waals surface area (Å²) in [7, 11) is 2.20. The number of carboxylic acid groups (broad SMARTS) is 1. The Hall–Kier alpha value is -2.20. The highest BCUT2D eigenvalue weighted by molar-refractivity contribution is 5.87. The third-order valence-electron chi connectivity index (χ3n) is 3.95. The molecule has 1 aromatic carbocycles. The molecule has 4 heteroatoms. The minimum atomic E-state index is -0.879.